The maximum absolute atomic E-state index is 11.8. The second-order valence-electron chi connectivity index (χ2n) is 3.61. The van der Waals surface area contributed by atoms with E-state index in [4.69, 9.17) is 27.9 Å². The topological polar surface area (TPSA) is 42.1 Å². The molecule has 0 aliphatic carbocycles. The highest BCUT2D eigenvalue weighted by molar-refractivity contribution is 6.36. The first-order chi connectivity index (χ1) is 8.63. The van der Waals surface area contributed by atoms with Gasteiger partial charge in [0.25, 0.3) is 0 Å². The van der Waals surface area contributed by atoms with Gasteiger partial charge in [0.15, 0.2) is 0 Å². The first-order valence-electron chi connectivity index (χ1n) is 5.43. The molecule has 0 spiro atoms. The summed E-state index contributed by atoms with van der Waals surface area (Å²) in [6.45, 7) is 2.08. The van der Waals surface area contributed by atoms with E-state index in [0.29, 0.717) is 27.9 Å². The monoisotopic (exact) mass is 283 g/mol. The van der Waals surface area contributed by atoms with Crippen molar-refractivity contribution in [2.45, 2.75) is 6.92 Å². The molecule has 3 nitrogen and oxygen atoms in total. The number of nitrogens with one attached hydrogen (secondary N) is 1. The Labute approximate surface area is 115 Å². The summed E-state index contributed by atoms with van der Waals surface area (Å²) in [5.41, 5.74) is 1.83. The molecule has 2 rings (SSSR count). The zero-order valence-corrected chi connectivity index (χ0v) is 11.2. The van der Waals surface area contributed by atoms with Crippen LogP contribution >= 0.6 is 23.2 Å². The van der Waals surface area contributed by atoms with Crippen molar-refractivity contribution in [2.24, 2.45) is 0 Å². The third kappa shape index (κ3) is 2.52. The van der Waals surface area contributed by atoms with Crippen LogP contribution in [0, 0.1) is 0 Å². The Bertz CT molecular complexity index is 578. The van der Waals surface area contributed by atoms with Gasteiger partial charge in [0.1, 0.15) is 5.69 Å². The molecule has 1 heterocycles. The molecule has 0 bridgehead atoms. The molecule has 0 fully saturated rings. The molecule has 94 valence electrons. The van der Waals surface area contributed by atoms with Crippen LogP contribution in [0.25, 0.3) is 11.1 Å². The van der Waals surface area contributed by atoms with Crippen LogP contribution in [-0.4, -0.2) is 17.6 Å². The van der Waals surface area contributed by atoms with E-state index >= 15 is 0 Å². The second-order valence-corrected chi connectivity index (χ2v) is 4.45. The van der Waals surface area contributed by atoms with Crippen molar-refractivity contribution in [2.75, 3.05) is 6.61 Å². The number of aromatic amines is 1. The van der Waals surface area contributed by atoms with E-state index in [2.05, 4.69) is 4.98 Å². The number of hydrogen-bond acceptors (Lipinski definition) is 2. The number of H-pyrrole nitrogens is 1. The van der Waals surface area contributed by atoms with Gasteiger partial charge in [0.2, 0.25) is 0 Å². The van der Waals surface area contributed by atoms with Crippen molar-refractivity contribution in [3.8, 4) is 11.1 Å². The molecule has 0 radical (unpaired) electrons. The number of aromatic nitrogens is 1. The summed E-state index contributed by atoms with van der Waals surface area (Å²) in [4.78, 5) is 14.6. The maximum Gasteiger partial charge on any atom is 0.355 e. The van der Waals surface area contributed by atoms with Crippen molar-refractivity contribution in [3.05, 3.63) is 46.2 Å². The zero-order valence-electron chi connectivity index (χ0n) is 9.67. The van der Waals surface area contributed by atoms with Gasteiger partial charge >= 0.3 is 5.97 Å². The number of rotatable bonds is 3. The fourth-order valence-electron chi connectivity index (χ4n) is 1.67. The minimum absolute atomic E-state index is 0.325. The van der Waals surface area contributed by atoms with Crippen LogP contribution < -0.4 is 0 Å². The third-order valence-corrected chi connectivity index (χ3v) is 3.00. The van der Waals surface area contributed by atoms with Gasteiger partial charge < -0.3 is 9.72 Å². The van der Waals surface area contributed by atoms with E-state index in [1.54, 1.807) is 37.4 Å². The molecule has 5 heteroatoms. The molecule has 0 saturated carbocycles. The fourth-order valence-corrected chi connectivity index (χ4v) is 2.18. The summed E-state index contributed by atoms with van der Waals surface area (Å²) in [6.07, 6.45) is 1.67. The van der Waals surface area contributed by atoms with E-state index in [1.807, 2.05) is 0 Å². The standard InChI is InChI=1S/C13H11Cl2NO2/c1-2-18-13(17)12-10(5-6-16-12)9-4-3-8(14)7-11(9)15/h3-7,16H,2H2,1H3. The molecule has 1 aromatic carbocycles. The van der Waals surface area contributed by atoms with Gasteiger partial charge in [-0.05, 0) is 25.1 Å². The van der Waals surface area contributed by atoms with Crippen molar-refractivity contribution >= 4 is 29.2 Å². The highest BCUT2D eigenvalue weighted by Crippen LogP contribution is 2.32. The molecule has 0 atom stereocenters. The summed E-state index contributed by atoms with van der Waals surface area (Å²) in [5.74, 6) is -0.400. The van der Waals surface area contributed by atoms with E-state index in [1.165, 1.54) is 0 Å². The predicted octanol–water partition coefficient (Wildman–Crippen LogP) is 4.17. The lowest BCUT2D eigenvalue weighted by Gasteiger charge is -2.06. The Balaban J connectivity index is 2.45. The molecule has 18 heavy (non-hydrogen) atoms. The fraction of sp³-hybridized carbons (Fsp3) is 0.154. The number of esters is 1. The minimum Gasteiger partial charge on any atom is -0.461 e. The van der Waals surface area contributed by atoms with Crippen LogP contribution in [0.2, 0.25) is 10.0 Å². The Morgan fingerprint density at radius 2 is 2.06 bits per heavy atom. The molecule has 0 amide bonds. The lowest BCUT2D eigenvalue weighted by molar-refractivity contribution is 0.0521. The Kier molecular flexibility index (Phi) is 3.94. The summed E-state index contributed by atoms with van der Waals surface area (Å²) in [5, 5.41) is 1.05. The SMILES string of the molecule is CCOC(=O)c1[nH]ccc1-c1ccc(Cl)cc1Cl. The average Bonchev–Trinajstić information content (AvgIpc) is 2.78. The summed E-state index contributed by atoms with van der Waals surface area (Å²) in [6, 6.07) is 6.92. The largest absolute Gasteiger partial charge is 0.461 e. The Morgan fingerprint density at radius 1 is 1.28 bits per heavy atom. The van der Waals surface area contributed by atoms with Crippen LogP contribution in [-0.2, 0) is 4.74 Å². The number of halogens is 2. The van der Waals surface area contributed by atoms with Gasteiger partial charge in [0.05, 0.1) is 6.61 Å². The molecule has 1 N–H and O–H groups in total. The smallest absolute Gasteiger partial charge is 0.355 e. The van der Waals surface area contributed by atoms with Gasteiger partial charge in [-0.3, -0.25) is 0 Å². The quantitative estimate of drug-likeness (QED) is 0.860. The first kappa shape index (κ1) is 13.0. The van der Waals surface area contributed by atoms with E-state index in [-0.39, 0.29) is 0 Å². The molecule has 0 aliphatic heterocycles. The van der Waals surface area contributed by atoms with Gasteiger partial charge in [0, 0.05) is 27.4 Å². The molecule has 0 unspecified atom stereocenters. The summed E-state index contributed by atoms with van der Waals surface area (Å²) < 4.78 is 4.97. The number of benzene rings is 1. The maximum atomic E-state index is 11.8. The second kappa shape index (κ2) is 5.46. The lowest BCUT2D eigenvalue weighted by Crippen LogP contribution is -2.06. The molecule has 0 saturated heterocycles. The van der Waals surface area contributed by atoms with Gasteiger partial charge in [-0.1, -0.05) is 29.3 Å². The number of hydrogen-bond donors (Lipinski definition) is 1. The number of ether oxygens (including phenoxy) is 1. The number of carbonyl (C=O) groups excluding carboxylic acids is 1. The van der Waals surface area contributed by atoms with Crippen LogP contribution in [0.1, 0.15) is 17.4 Å². The molecule has 0 aliphatic rings. The summed E-state index contributed by atoms with van der Waals surface area (Å²) in [7, 11) is 0. The van der Waals surface area contributed by atoms with Crippen molar-refractivity contribution < 1.29 is 9.53 Å². The van der Waals surface area contributed by atoms with Crippen molar-refractivity contribution in [3.63, 3.8) is 0 Å². The molecular weight excluding hydrogens is 273 g/mol. The van der Waals surface area contributed by atoms with E-state index in [9.17, 15) is 4.79 Å². The van der Waals surface area contributed by atoms with Crippen LogP contribution in [0.4, 0.5) is 0 Å². The minimum atomic E-state index is -0.400. The van der Waals surface area contributed by atoms with E-state index in [0.717, 1.165) is 5.56 Å². The molecule has 2 aromatic rings. The van der Waals surface area contributed by atoms with Crippen LogP contribution in [0.3, 0.4) is 0 Å². The van der Waals surface area contributed by atoms with E-state index < -0.39 is 5.97 Å². The predicted molar refractivity (Wildman–Crippen MR) is 72.2 cm³/mol. The van der Waals surface area contributed by atoms with Gasteiger partial charge in [-0.15, -0.1) is 0 Å². The zero-order chi connectivity index (χ0) is 13.1. The lowest BCUT2D eigenvalue weighted by atomic mass is 10.1. The summed E-state index contributed by atoms with van der Waals surface area (Å²) >= 11 is 12.0. The Hall–Kier alpha value is -1.45. The average molecular weight is 284 g/mol. The highest BCUT2D eigenvalue weighted by Gasteiger charge is 2.17. The first-order valence-corrected chi connectivity index (χ1v) is 6.19. The molecule has 1 aromatic heterocycles. The highest BCUT2D eigenvalue weighted by atomic mass is 35.5. The molecular formula is C13H11Cl2NO2. The van der Waals surface area contributed by atoms with Crippen molar-refractivity contribution in [1.29, 1.82) is 0 Å². The Morgan fingerprint density at radius 3 is 2.72 bits per heavy atom. The van der Waals surface area contributed by atoms with Crippen LogP contribution in [0.15, 0.2) is 30.5 Å². The number of carbonyl (C=O) groups is 1. The van der Waals surface area contributed by atoms with Gasteiger partial charge in [-0.25, -0.2) is 4.79 Å². The van der Waals surface area contributed by atoms with Crippen LogP contribution in [0.5, 0.6) is 0 Å². The van der Waals surface area contributed by atoms with Crippen molar-refractivity contribution in [1.82, 2.24) is 4.98 Å². The third-order valence-electron chi connectivity index (χ3n) is 2.45. The normalized spacial score (nSPS) is 10.4. The van der Waals surface area contributed by atoms with Gasteiger partial charge in [-0.2, -0.15) is 0 Å².